The van der Waals surface area contributed by atoms with Gasteiger partial charge in [0.05, 0.1) is 7.11 Å². The molecular weight excluding hydrogens is 242 g/mol. The van der Waals surface area contributed by atoms with Gasteiger partial charge in [0.25, 0.3) is 5.91 Å². The first-order chi connectivity index (χ1) is 9.20. The van der Waals surface area contributed by atoms with Crippen molar-refractivity contribution in [3.05, 3.63) is 23.9 Å². The predicted molar refractivity (Wildman–Crippen MR) is 73.3 cm³/mol. The van der Waals surface area contributed by atoms with E-state index in [9.17, 15) is 4.79 Å². The van der Waals surface area contributed by atoms with Gasteiger partial charge in [-0.05, 0) is 51.0 Å². The van der Waals surface area contributed by atoms with Crippen LogP contribution in [0.5, 0.6) is 5.88 Å². The van der Waals surface area contributed by atoms with Gasteiger partial charge >= 0.3 is 0 Å². The number of piperidine rings is 1. The average Bonchev–Trinajstić information content (AvgIpc) is 2.46. The summed E-state index contributed by atoms with van der Waals surface area (Å²) in [4.78, 5) is 18.4. The van der Waals surface area contributed by atoms with Crippen molar-refractivity contribution in [1.82, 2.24) is 15.2 Å². The van der Waals surface area contributed by atoms with Crippen molar-refractivity contribution in [1.29, 1.82) is 0 Å². The van der Waals surface area contributed by atoms with Crippen LogP contribution in [0.25, 0.3) is 0 Å². The molecule has 1 saturated heterocycles. The van der Waals surface area contributed by atoms with Crippen molar-refractivity contribution in [3.8, 4) is 5.88 Å². The van der Waals surface area contributed by atoms with E-state index in [2.05, 4.69) is 22.2 Å². The lowest BCUT2D eigenvalue weighted by atomic mass is 9.97. The Morgan fingerprint density at radius 3 is 2.95 bits per heavy atom. The second-order valence-electron chi connectivity index (χ2n) is 5.02. The minimum atomic E-state index is -0.108. The molecule has 1 fully saturated rings. The fourth-order valence-electron chi connectivity index (χ4n) is 2.32. The maximum Gasteiger partial charge on any atom is 0.256 e. The van der Waals surface area contributed by atoms with Crippen LogP contribution in [-0.2, 0) is 0 Å². The molecule has 2 heterocycles. The summed E-state index contributed by atoms with van der Waals surface area (Å²) in [5.74, 6) is 0.843. The number of pyridine rings is 1. The Labute approximate surface area is 114 Å². The molecule has 0 aromatic carbocycles. The fraction of sp³-hybridized carbons (Fsp3) is 0.571. The molecular formula is C14H21N3O2. The lowest BCUT2D eigenvalue weighted by molar-refractivity contribution is 0.0935. The monoisotopic (exact) mass is 263 g/mol. The molecule has 1 aliphatic rings. The number of rotatable bonds is 4. The fourth-order valence-corrected chi connectivity index (χ4v) is 2.32. The molecule has 0 radical (unpaired) electrons. The van der Waals surface area contributed by atoms with Gasteiger partial charge in [0.15, 0.2) is 0 Å². The molecule has 1 aromatic rings. The van der Waals surface area contributed by atoms with Crippen molar-refractivity contribution in [2.24, 2.45) is 5.92 Å². The Bertz CT molecular complexity index is 428. The van der Waals surface area contributed by atoms with E-state index in [-0.39, 0.29) is 5.91 Å². The molecule has 1 N–H and O–H groups in total. The van der Waals surface area contributed by atoms with Crippen LogP contribution in [0.15, 0.2) is 18.3 Å². The topological polar surface area (TPSA) is 54.5 Å². The molecule has 2 rings (SSSR count). The average molecular weight is 263 g/mol. The van der Waals surface area contributed by atoms with Crippen molar-refractivity contribution < 1.29 is 9.53 Å². The highest BCUT2D eigenvalue weighted by Gasteiger charge is 2.18. The molecule has 5 nitrogen and oxygen atoms in total. The van der Waals surface area contributed by atoms with Gasteiger partial charge in [-0.1, -0.05) is 0 Å². The van der Waals surface area contributed by atoms with Crippen molar-refractivity contribution >= 4 is 5.91 Å². The van der Waals surface area contributed by atoms with Gasteiger partial charge in [0, 0.05) is 12.7 Å². The van der Waals surface area contributed by atoms with Gasteiger partial charge < -0.3 is 15.0 Å². The summed E-state index contributed by atoms with van der Waals surface area (Å²) in [7, 11) is 3.66. The van der Waals surface area contributed by atoms with Crippen LogP contribution in [0.4, 0.5) is 0 Å². The van der Waals surface area contributed by atoms with Crippen molar-refractivity contribution in [3.63, 3.8) is 0 Å². The molecule has 0 atom stereocenters. The summed E-state index contributed by atoms with van der Waals surface area (Å²) in [6.45, 7) is 2.94. The van der Waals surface area contributed by atoms with Crippen molar-refractivity contribution in [2.75, 3.05) is 33.8 Å². The number of nitrogens with zero attached hydrogens (tertiary/aromatic N) is 2. The van der Waals surface area contributed by atoms with Crippen LogP contribution in [-0.4, -0.2) is 49.6 Å². The van der Waals surface area contributed by atoms with E-state index in [0.717, 1.165) is 32.5 Å². The second-order valence-corrected chi connectivity index (χ2v) is 5.02. The lowest BCUT2D eigenvalue weighted by Gasteiger charge is -2.28. The SMILES string of the molecule is COc1ncccc1C(=O)NCC1CCN(C)CC1. The third kappa shape index (κ3) is 3.67. The minimum absolute atomic E-state index is 0.108. The third-order valence-corrected chi connectivity index (χ3v) is 3.60. The molecule has 0 aliphatic carbocycles. The molecule has 19 heavy (non-hydrogen) atoms. The standard InChI is InChI=1S/C14H21N3O2/c1-17-8-5-11(6-9-17)10-16-13(18)12-4-3-7-15-14(12)19-2/h3-4,7,11H,5-6,8-10H2,1-2H3,(H,16,18). The smallest absolute Gasteiger partial charge is 0.256 e. The Morgan fingerprint density at radius 2 is 2.26 bits per heavy atom. The van der Waals surface area contributed by atoms with Crippen LogP contribution >= 0.6 is 0 Å². The first-order valence-electron chi connectivity index (χ1n) is 6.66. The molecule has 5 heteroatoms. The number of carbonyl (C=O) groups is 1. The lowest BCUT2D eigenvalue weighted by Crippen LogP contribution is -2.37. The quantitative estimate of drug-likeness (QED) is 0.885. The zero-order chi connectivity index (χ0) is 13.7. The maximum absolute atomic E-state index is 12.1. The number of hydrogen-bond donors (Lipinski definition) is 1. The summed E-state index contributed by atoms with van der Waals surface area (Å²) < 4.78 is 5.09. The van der Waals surface area contributed by atoms with E-state index in [1.807, 2.05) is 0 Å². The number of carbonyl (C=O) groups excluding carboxylic acids is 1. The molecule has 1 aliphatic heterocycles. The van der Waals surface area contributed by atoms with Gasteiger partial charge in [-0.15, -0.1) is 0 Å². The van der Waals surface area contributed by atoms with Gasteiger partial charge in [0.1, 0.15) is 5.56 Å². The number of aromatic nitrogens is 1. The summed E-state index contributed by atoms with van der Waals surface area (Å²) in [5, 5.41) is 2.98. The Kier molecular flexibility index (Phi) is 4.74. The number of amides is 1. The Balaban J connectivity index is 1.87. The Hall–Kier alpha value is -1.62. The number of hydrogen-bond acceptors (Lipinski definition) is 4. The zero-order valence-electron chi connectivity index (χ0n) is 11.6. The number of likely N-dealkylation sites (tertiary alicyclic amines) is 1. The summed E-state index contributed by atoms with van der Waals surface area (Å²) in [6.07, 6.45) is 3.90. The zero-order valence-corrected chi connectivity index (χ0v) is 11.6. The molecule has 0 bridgehead atoms. The van der Waals surface area contributed by atoms with Gasteiger partial charge in [0.2, 0.25) is 5.88 Å². The van der Waals surface area contributed by atoms with E-state index in [0.29, 0.717) is 17.4 Å². The van der Waals surface area contributed by atoms with Crippen LogP contribution in [0, 0.1) is 5.92 Å². The van der Waals surface area contributed by atoms with E-state index in [1.165, 1.54) is 7.11 Å². The molecule has 104 valence electrons. The number of nitrogens with one attached hydrogen (secondary N) is 1. The number of ether oxygens (including phenoxy) is 1. The van der Waals surface area contributed by atoms with Crippen LogP contribution in [0.1, 0.15) is 23.2 Å². The van der Waals surface area contributed by atoms with Crippen LogP contribution < -0.4 is 10.1 Å². The Morgan fingerprint density at radius 1 is 1.53 bits per heavy atom. The molecule has 0 unspecified atom stereocenters. The minimum Gasteiger partial charge on any atom is -0.480 e. The van der Waals surface area contributed by atoms with Crippen LogP contribution in [0.3, 0.4) is 0 Å². The summed E-state index contributed by atoms with van der Waals surface area (Å²) >= 11 is 0. The predicted octanol–water partition coefficient (Wildman–Crippen LogP) is 1.16. The maximum atomic E-state index is 12.1. The highest BCUT2D eigenvalue weighted by atomic mass is 16.5. The molecule has 1 aromatic heterocycles. The van der Waals surface area contributed by atoms with E-state index in [1.54, 1.807) is 18.3 Å². The molecule has 0 spiro atoms. The first kappa shape index (κ1) is 13.8. The molecule has 1 amide bonds. The number of methoxy groups -OCH3 is 1. The van der Waals surface area contributed by atoms with E-state index in [4.69, 9.17) is 4.74 Å². The largest absolute Gasteiger partial charge is 0.480 e. The normalized spacial score (nSPS) is 17.2. The van der Waals surface area contributed by atoms with Gasteiger partial charge in [-0.3, -0.25) is 4.79 Å². The summed E-state index contributed by atoms with van der Waals surface area (Å²) in [5.41, 5.74) is 0.498. The van der Waals surface area contributed by atoms with Gasteiger partial charge in [-0.25, -0.2) is 4.98 Å². The first-order valence-corrected chi connectivity index (χ1v) is 6.66. The second kappa shape index (κ2) is 6.52. The summed E-state index contributed by atoms with van der Waals surface area (Å²) in [6, 6.07) is 3.48. The van der Waals surface area contributed by atoms with E-state index >= 15 is 0 Å². The third-order valence-electron chi connectivity index (χ3n) is 3.60. The molecule has 0 saturated carbocycles. The van der Waals surface area contributed by atoms with Gasteiger partial charge in [-0.2, -0.15) is 0 Å². The van der Waals surface area contributed by atoms with Crippen molar-refractivity contribution in [2.45, 2.75) is 12.8 Å². The highest BCUT2D eigenvalue weighted by Crippen LogP contribution is 2.16. The van der Waals surface area contributed by atoms with E-state index < -0.39 is 0 Å². The van der Waals surface area contributed by atoms with Crippen LogP contribution in [0.2, 0.25) is 0 Å². The highest BCUT2D eigenvalue weighted by molar-refractivity contribution is 5.96.